The van der Waals surface area contributed by atoms with Gasteiger partial charge in [0.2, 0.25) is 5.75 Å². The molecule has 0 aliphatic rings. The van der Waals surface area contributed by atoms with E-state index in [9.17, 15) is 5.11 Å². The third-order valence-electron chi connectivity index (χ3n) is 2.47. The number of hydrogen-bond acceptors (Lipinski definition) is 5. The normalized spacial score (nSPS) is 12.1. The lowest BCUT2D eigenvalue weighted by Crippen LogP contribution is -2.03. The molecule has 0 fully saturated rings. The molecule has 0 heterocycles. The monoisotopic (exact) mass is 242 g/mol. The summed E-state index contributed by atoms with van der Waals surface area (Å²) in [4.78, 5) is 0. The third-order valence-corrected chi connectivity index (χ3v) is 2.47. The lowest BCUT2D eigenvalue weighted by Gasteiger charge is -2.16. The van der Waals surface area contributed by atoms with Crippen LogP contribution in [0.3, 0.4) is 0 Å². The Morgan fingerprint density at radius 3 is 1.94 bits per heavy atom. The van der Waals surface area contributed by atoms with E-state index in [1.807, 2.05) is 0 Å². The standard InChI is InChI=1S/C12H18O5/c1-15-10-6-8(9(14)4-5-13)7-11(16-2)12(10)17-3/h6-7,9,13-14H,4-5H2,1-3H3. The van der Waals surface area contributed by atoms with E-state index in [1.54, 1.807) is 12.1 Å². The van der Waals surface area contributed by atoms with Crippen LogP contribution in [0.4, 0.5) is 0 Å². The molecule has 0 aliphatic heterocycles. The highest BCUT2D eigenvalue weighted by atomic mass is 16.5. The van der Waals surface area contributed by atoms with Gasteiger partial charge in [0, 0.05) is 13.0 Å². The van der Waals surface area contributed by atoms with Crippen LogP contribution >= 0.6 is 0 Å². The molecule has 1 aromatic carbocycles. The second kappa shape index (κ2) is 6.32. The van der Waals surface area contributed by atoms with Crippen LogP contribution in [0.1, 0.15) is 18.1 Å². The van der Waals surface area contributed by atoms with Gasteiger partial charge in [0.15, 0.2) is 11.5 Å². The molecule has 0 spiro atoms. The van der Waals surface area contributed by atoms with Crippen LogP contribution in [0, 0.1) is 0 Å². The second-order valence-corrected chi connectivity index (χ2v) is 3.49. The van der Waals surface area contributed by atoms with E-state index in [0.29, 0.717) is 22.8 Å². The van der Waals surface area contributed by atoms with Crippen LogP contribution in [-0.2, 0) is 0 Å². The molecule has 0 bridgehead atoms. The van der Waals surface area contributed by atoms with Crippen LogP contribution < -0.4 is 14.2 Å². The number of aliphatic hydroxyl groups excluding tert-OH is 2. The highest BCUT2D eigenvalue weighted by Crippen LogP contribution is 2.39. The minimum Gasteiger partial charge on any atom is -0.493 e. The van der Waals surface area contributed by atoms with Crippen molar-refractivity contribution in [3.63, 3.8) is 0 Å². The molecule has 5 nitrogen and oxygen atoms in total. The fourth-order valence-electron chi connectivity index (χ4n) is 1.58. The van der Waals surface area contributed by atoms with Crippen molar-refractivity contribution in [3.8, 4) is 17.2 Å². The zero-order valence-electron chi connectivity index (χ0n) is 10.3. The Morgan fingerprint density at radius 2 is 1.59 bits per heavy atom. The first-order valence-electron chi connectivity index (χ1n) is 5.26. The van der Waals surface area contributed by atoms with E-state index in [1.165, 1.54) is 21.3 Å². The van der Waals surface area contributed by atoms with E-state index >= 15 is 0 Å². The number of aliphatic hydroxyl groups is 2. The smallest absolute Gasteiger partial charge is 0.203 e. The summed E-state index contributed by atoms with van der Waals surface area (Å²) in [6, 6.07) is 3.34. The molecule has 0 amide bonds. The average Bonchev–Trinajstić information content (AvgIpc) is 2.37. The maximum absolute atomic E-state index is 9.81. The molecule has 1 rings (SSSR count). The summed E-state index contributed by atoms with van der Waals surface area (Å²) in [5, 5.41) is 18.6. The fourth-order valence-corrected chi connectivity index (χ4v) is 1.58. The average molecular weight is 242 g/mol. The second-order valence-electron chi connectivity index (χ2n) is 3.49. The predicted octanol–water partition coefficient (Wildman–Crippen LogP) is 1.13. The Bertz CT molecular complexity index is 339. The van der Waals surface area contributed by atoms with Gasteiger partial charge in [-0.05, 0) is 17.7 Å². The summed E-state index contributed by atoms with van der Waals surface area (Å²) in [6.07, 6.45) is -0.493. The van der Waals surface area contributed by atoms with Gasteiger partial charge < -0.3 is 24.4 Å². The van der Waals surface area contributed by atoms with Gasteiger partial charge in [0.05, 0.1) is 27.4 Å². The molecular weight excluding hydrogens is 224 g/mol. The summed E-state index contributed by atoms with van der Waals surface area (Å²) in [5.74, 6) is 1.45. The van der Waals surface area contributed by atoms with Crippen molar-refractivity contribution in [3.05, 3.63) is 17.7 Å². The Kier molecular flexibility index (Phi) is 5.06. The van der Waals surface area contributed by atoms with E-state index in [4.69, 9.17) is 19.3 Å². The number of ether oxygens (including phenoxy) is 3. The van der Waals surface area contributed by atoms with Gasteiger partial charge in [0.25, 0.3) is 0 Å². The van der Waals surface area contributed by atoms with Crippen molar-refractivity contribution >= 4 is 0 Å². The van der Waals surface area contributed by atoms with Crippen molar-refractivity contribution in [1.82, 2.24) is 0 Å². The first kappa shape index (κ1) is 13.6. The molecule has 0 aromatic heterocycles. The summed E-state index contributed by atoms with van der Waals surface area (Å²) in [7, 11) is 4.54. The lowest BCUT2D eigenvalue weighted by molar-refractivity contribution is 0.133. The first-order chi connectivity index (χ1) is 8.17. The van der Waals surface area contributed by atoms with Crippen molar-refractivity contribution in [1.29, 1.82) is 0 Å². The van der Waals surface area contributed by atoms with Crippen LogP contribution in [0.2, 0.25) is 0 Å². The van der Waals surface area contributed by atoms with E-state index < -0.39 is 6.10 Å². The minimum absolute atomic E-state index is 0.0855. The highest BCUT2D eigenvalue weighted by molar-refractivity contribution is 5.54. The van der Waals surface area contributed by atoms with Gasteiger partial charge in [-0.1, -0.05) is 0 Å². The highest BCUT2D eigenvalue weighted by Gasteiger charge is 2.16. The molecule has 0 saturated carbocycles. The van der Waals surface area contributed by atoms with Gasteiger partial charge >= 0.3 is 0 Å². The van der Waals surface area contributed by atoms with Crippen LogP contribution in [0.5, 0.6) is 17.2 Å². The van der Waals surface area contributed by atoms with Crippen molar-refractivity contribution in [2.75, 3.05) is 27.9 Å². The molecule has 2 N–H and O–H groups in total. The Balaban J connectivity index is 3.17. The molecule has 17 heavy (non-hydrogen) atoms. The number of hydrogen-bond donors (Lipinski definition) is 2. The van der Waals surface area contributed by atoms with Gasteiger partial charge in [-0.2, -0.15) is 0 Å². The topological polar surface area (TPSA) is 68.2 Å². The molecule has 1 unspecified atom stereocenters. The number of rotatable bonds is 6. The van der Waals surface area contributed by atoms with E-state index in [-0.39, 0.29) is 13.0 Å². The van der Waals surface area contributed by atoms with Gasteiger partial charge in [-0.15, -0.1) is 0 Å². The maximum atomic E-state index is 9.81. The van der Waals surface area contributed by atoms with Gasteiger partial charge in [0.1, 0.15) is 0 Å². The molecule has 96 valence electrons. The van der Waals surface area contributed by atoms with Gasteiger partial charge in [-0.3, -0.25) is 0 Å². The van der Waals surface area contributed by atoms with Gasteiger partial charge in [-0.25, -0.2) is 0 Å². The quantitative estimate of drug-likeness (QED) is 0.782. The summed E-state index contributed by atoms with van der Waals surface area (Å²) < 4.78 is 15.5. The zero-order valence-corrected chi connectivity index (χ0v) is 10.3. The van der Waals surface area contributed by atoms with Crippen LogP contribution in [0.15, 0.2) is 12.1 Å². The lowest BCUT2D eigenvalue weighted by atomic mass is 10.1. The molecule has 1 aromatic rings. The zero-order chi connectivity index (χ0) is 12.8. The third kappa shape index (κ3) is 3.01. The predicted molar refractivity (Wildman–Crippen MR) is 62.8 cm³/mol. The molecule has 0 aliphatic carbocycles. The van der Waals surface area contributed by atoms with Crippen LogP contribution in [0.25, 0.3) is 0 Å². The fraction of sp³-hybridized carbons (Fsp3) is 0.500. The molecule has 5 heteroatoms. The Labute approximate surface area is 101 Å². The molecule has 0 saturated heterocycles. The number of benzene rings is 1. The maximum Gasteiger partial charge on any atom is 0.203 e. The number of methoxy groups -OCH3 is 3. The van der Waals surface area contributed by atoms with Crippen molar-refractivity contribution < 1.29 is 24.4 Å². The summed E-state index contributed by atoms with van der Waals surface area (Å²) in [6.45, 7) is -0.0855. The largest absolute Gasteiger partial charge is 0.493 e. The molecule has 0 radical (unpaired) electrons. The van der Waals surface area contributed by atoms with Crippen molar-refractivity contribution in [2.45, 2.75) is 12.5 Å². The minimum atomic E-state index is -0.756. The summed E-state index contributed by atoms with van der Waals surface area (Å²) in [5.41, 5.74) is 0.619. The van der Waals surface area contributed by atoms with Crippen LogP contribution in [-0.4, -0.2) is 38.1 Å². The first-order valence-corrected chi connectivity index (χ1v) is 5.26. The SMILES string of the molecule is COc1cc(C(O)CCO)cc(OC)c1OC. The Morgan fingerprint density at radius 1 is 1.06 bits per heavy atom. The Hall–Kier alpha value is -1.46. The van der Waals surface area contributed by atoms with E-state index in [2.05, 4.69) is 0 Å². The molecular formula is C12H18O5. The molecule has 1 atom stereocenters. The summed E-state index contributed by atoms with van der Waals surface area (Å²) >= 11 is 0. The van der Waals surface area contributed by atoms with Crippen molar-refractivity contribution in [2.24, 2.45) is 0 Å². The van der Waals surface area contributed by atoms with E-state index in [0.717, 1.165) is 0 Å².